The Balaban J connectivity index is 2.62. The minimum absolute atomic E-state index is 0.00584. The van der Waals surface area contributed by atoms with Crippen LogP contribution in [0, 0.1) is 11.6 Å². The highest BCUT2D eigenvalue weighted by Crippen LogP contribution is 2.17. The molecule has 0 bridgehead atoms. The average Bonchev–Trinajstić information content (AvgIpc) is 2.22. The second-order valence-corrected chi connectivity index (χ2v) is 3.92. The number of esters is 1. The monoisotopic (exact) mass is 259 g/mol. The first kappa shape index (κ1) is 14.4. The molecule has 1 aromatic carbocycles. The van der Waals surface area contributed by atoms with E-state index in [0.29, 0.717) is 0 Å². The lowest BCUT2D eigenvalue weighted by atomic mass is 10.2. The van der Waals surface area contributed by atoms with Gasteiger partial charge in [-0.1, -0.05) is 0 Å². The SMILES string of the molecule is CC(C)OCCOC(=O)c1c(F)cc(N)cc1F. The molecule has 1 aromatic rings. The highest BCUT2D eigenvalue weighted by atomic mass is 19.1. The van der Waals surface area contributed by atoms with Gasteiger partial charge >= 0.3 is 5.97 Å². The van der Waals surface area contributed by atoms with Crippen molar-refractivity contribution in [1.29, 1.82) is 0 Å². The van der Waals surface area contributed by atoms with E-state index in [2.05, 4.69) is 0 Å². The Morgan fingerprint density at radius 1 is 1.28 bits per heavy atom. The van der Waals surface area contributed by atoms with Crippen molar-refractivity contribution in [2.75, 3.05) is 18.9 Å². The topological polar surface area (TPSA) is 61.5 Å². The molecule has 0 spiro atoms. The molecule has 6 heteroatoms. The normalized spacial score (nSPS) is 10.7. The predicted molar refractivity (Wildman–Crippen MR) is 62.1 cm³/mol. The van der Waals surface area contributed by atoms with Gasteiger partial charge in [0.1, 0.15) is 23.8 Å². The third-order valence-corrected chi connectivity index (χ3v) is 2.04. The van der Waals surface area contributed by atoms with Crippen LogP contribution < -0.4 is 5.73 Å². The quantitative estimate of drug-likeness (QED) is 0.500. The van der Waals surface area contributed by atoms with Gasteiger partial charge in [0, 0.05) is 5.69 Å². The number of carbonyl (C=O) groups is 1. The molecular formula is C12H15F2NO3. The van der Waals surface area contributed by atoms with Crippen LogP contribution >= 0.6 is 0 Å². The zero-order chi connectivity index (χ0) is 13.7. The van der Waals surface area contributed by atoms with E-state index in [0.717, 1.165) is 12.1 Å². The second kappa shape index (κ2) is 6.30. The number of hydrogen-bond acceptors (Lipinski definition) is 4. The highest BCUT2D eigenvalue weighted by molar-refractivity contribution is 5.90. The van der Waals surface area contributed by atoms with Gasteiger partial charge in [0.2, 0.25) is 0 Å². The van der Waals surface area contributed by atoms with Gasteiger partial charge in [-0.25, -0.2) is 13.6 Å². The second-order valence-electron chi connectivity index (χ2n) is 3.92. The first-order valence-electron chi connectivity index (χ1n) is 5.45. The van der Waals surface area contributed by atoms with Crippen molar-refractivity contribution in [1.82, 2.24) is 0 Å². The lowest BCUT2D eigenvalue weighted by Crippen LogP contribution is -2.16. The molecule has 4 nitrogen and oxygen atoms in total. The molecule has 0 atom stereocenters. The Hall–Kier alpha value is -1.69. The van der Waals surface area contributed by atoms with E-state index in [-0.39, 0.29) is 25.0 Å². The van der Waals surface area contributed by atoms with E-state index in [9.17, 15) is 13.6 Å². The Kier molecular flexibility index (Phi) is 5.03. The molecule has 0 saturated carbocycles. The van der Waals surface area contributed by atoms with Crippen LogP contribution in [0.15, 0.2) is 12.1 Å². The summed E-state index contributed by atoms with van der Waals surface area (Å²) in [4.78, 5) is 11.4. The maximum Gasteiger partial charge on any atom is 0.344 e. The number of hydrogen-bond donors (Lipinski definition) is 1. The van der Waals surface area contributed by atoms with Crippen molar-refractivity contribution in [2.24, 2.45) is 0 Å². The molecule has 100 valence electrons. The Labute approximate surface area is 104 Å². The third kappa shape index (κ3) is 3.96. The molecule has 2 N–H and O–H groups in total. The smallest absolute Gasteiger partial charge is 0.344 e. The maximum absolute atomic E-state index is 13.3. The molecular weight excluding hydrogens is 244 g/mol. The van der Waals surface area contributed by atoms with E-state index in [4.69, 9.17) is 15.2 Å². The Morgan fingerprint density at radius 3 is 2.33 bits per heavy atom. The summed E-state index contributed by atoms with van der Waals surface area (Å²) in [6.07, 6.45) is -0.00584. The van der Waals surface area contributed by atoms with Gasteiger partial charge in [0.05, 0.1) is 12.7 Å². The zero-order valence-electron chi connectivity index (χ0n) is 10.2. The minimum atomic E-state index is -1.07. The summed E-state index contributed by atoms with van der Waals surface area (Å²) < 4.78 is 36.5. The third-order valence-electron chi connectivity index (χ3n) is 2.04. The molecule has 0 fully saturated rings. The molecule has 0 aromatic heterocycles. The molecule has 0 radical (unpaired) electrons. The molecule has 0 saturated heterocycles. The lowest BCUT2D eigenvalue weighted by molar-refractivity contribution is 0.0170. The van der Waals surface area contributed by atoms with Gasteiger partial charge in [-0.15, -0.1) is 0 Å². The van der Waals surface area contributed by atoms with Gasteiger partial charge in [0.25, 0.3) is 0 Å². The number of carbonyl (C=O) groups excluding carboxylic acids is 1. The van der Waals surface area contributed by atoms with Crippen LogP contribution in [0.5, 0.6) is 0 Å². The van der Waals surface area contributed by atoms with Gasteiger partial charge in [-0.3, -0.25) is 0 Å². The van der Waals surface area contributed by atoms with Gasteiger partial charge < -0.3 is 15.2 Å². The summed E-state index contributed by atoms with van der Waals surface area (Å²) >= 11 is 0. The van der Waals surface area contributed by atoms with Gasteiger partial charge in [0.15, 0.2) is 0 Å². The number of anilines is 1. The number of nitrogen functional groups attached to an aromatic ring is 1. The van der Waals surface area contributed by atoms with Crippen LogP contribution in [-0.2, 0) is 9.47 Å². The predicted octanol–water partition coefficient (Wildman–Crippen LogP) is 2.13. The van der Waals surface area contributed by atoms with Crippen molar-refractivity contribution in [3.05, 3.63) is 29.3 Å². The molecule has 0 amide bonds. The van der Waals surface area contributed by atoms with Crippen LogP contribution in [0.3, 0.4) is 0 Å². The van der Waals surface area contributed by atoms with Crippen LogP contribution in [0.2, 0.25) is 0 Å². The van der Waals surface area contributed by atoms with E-state index in [1.807, 2.05) is 13.8 Å². The summed E-state index contributed by atoms with van der Waals surface area (Å²) in [7, 11) is 0. The zero-order valence-corrected chi connectivity index (χ0v) is 10.2. The average molecular weight is 259 g/mol. The Bertz CT molecular complexity index is 412. The molecule has 0 aliphatic heterocycles. The molecule has 1 rings (SSSR count). The number of benzene rings is 1. The molecule has 0 aliphatic rings. The maximum atomic E-state index is 13.3. The van der Waals surface area contributed by atoms with E-state index in [1.54, 1.807) is 0 Å². The van der Waals surface area contributed by atoms with Crippen LogP contribution in [0.25, 0.3) is 0 Å². The number of nitrogens with two attached hydrogens (primary N) is 1. The van der Waals surface area contributed by atoms with Crippen molar-refractivity contribution < 1.29 is 23.0 Å². The van der Waals surface area contributed by atoms with Gasteiger partial charge in [-0.05, 0) is 26.0 Å². The minimum Gasteiger partial charge on any atom is -0.459 e. The fourth-order valence-corrected chi connectivity index (χ4v) is 1.28. The lowest BCUT2D eigenvalue weighted by Gasteiger charge is -2.09. The first-order valence-corrected chi connectivity index (χ1v) is 5.45. The van der Waals surface area contributed by atoms with Crippen molar-refractivity contribution in [3.63, 3.8) is 0 Å². The molecule has 0 aliphatic carbocycles. The largest absolute Gasteiger partial charge is 0.459 e. The summed E-state index contributed by atoms with van der Waals surface area (Å²) in [5.41, 5.74) is 4.40. The molecule has 0 heterocycles. The Morgan fingerprint density at radius 2 is 1.83 bits per heavy atom. The van der Waals surface area contributed by atoms with Crippen LogP contribution in [0.4, 0.5) is 14.5 Å². The molecule has 0 unspecified atom stereocenters. The van der Waals surface area contributed by atoms with Gasteiger partial charge in [-0.2, -0.15) is 0 Å². The standard InChI is InChI=1S/C12H15F2NO3/c1-7(2)17-3-4-18-12(16)11-9(13)5-8(15)6-10(11)14/h5-7H,3-4,15H2,1-2H3. The number of rotatable bonds is 5. The summed E-state index contributed by atoms with van der Waals surface area (Å²) in [6, 6.07) is 1.73. The number of halogens is 2. The van der Waals surface area contributed by atoms with Crippen molar-refractivity contribution in [3.8, 4) is 0 Å². The number of ether oxygens (including phenoxy) is 2. The molecule has 18 heavy (non-hydrogen) atoms. The van der Waals surface area contributed by atoms with E-state index in [1.165, 1.54) is 0 Å². The van der Waals surface area contributed by atoms with Crippen LogP contribution in [-0.4, -0.2) is 25.3 Å². The highest BCUT2D eigenvalue weighted by Gasteiger charge is 2.19. The fourth-order valence-electron chi connectivity index (χ4n) is 1.28. The van der Waals surface area contributed by atoms with Crippen molar-refractivity contribution in [2.45, 2.75) is 20.0 Å². The van der Waals surface area contributed by atoms with Crippen molar-refractivity contribution >= 4 is 11.7 Å². The van der Waals surface area contributed by atoms with Crippen LogP contribution in [0.1, 0.15) is 24.2 Å². The summed E-state index contributed by atoms with van der Waals surface area (Å²) in [5, 5.41) is 0. The summed E-state index contributed by atoms with van der Waals surface area (Å²) in [6.45, 7) is 3.74. The van der Waals surface area contributed by atoms with E-state index >= 15 is 0 Å². The van der Waals surface area contributed by atoms with E-state index < -0.39 is 23.2 Å². The fraction of sp³-hybridized carbons (Fsp3) is 0.417. The first-order chi connectivity index (χ1) is 8.41. The summed E-state index contributed by atoms with van der Waals surface area (Å²) in [5.74, 6) is -3.15.